The van der Waals surface area contributed by atoms with Gasteiger partial charge in [0.15, 0.2) is 0 Å². The number of nitrogens with one attached hydrogen (secondary N) is 1. The molecule has 1 aromatic carbocycles. The molecule has 1 saturated heterocycles. The predicted molar refractivity (Wildman–Crippen MR) is 66.8 cm³/mol. The van der Waals surface area contributed by atoms with Gasteiger partial charge < -0.3 is 15.5 Å². The first-order chi connectivity index (χ1) is 8.26. The van der Waals surface area contributed by atoms with Crippen molar-refractivity contribution in [1.82, 2.24) is 9.97 Å². The van der Waals surface area contributed by atoms with Gasteiger partial charge in [0.05, 0.1) is 30.6 Å². The second-order valence-corrected chi connectivity index (χ2v) is 4.92. The summed E-state index contributed by atoms with van der Waals surface area (Å²) in [7, 11) is 0. The fraction of sp³-hybridized carbons (Fsp3) is 0.462. The molecular weight excluding hydrogens is 214 g/mol. The van der Waals surface area contributed by atoms with Gasteiger partial charge in [0.25, 0.3) is 0 Å². The summed E-state index contributed by atoms with van der Waals surface area (Å²) in [6.45, 7) is 4.42. The van der Waals surface area contributed by atoms with Crippen LogP contribution in [0.4, 0.5) is 0 Å². The lowest BCUT2D eigenvalue weighted by atomic mass is 9.69. The monoisotopic (exact) mass is 231 g/mol. The van der Waals surface area contributed by atoms with E-state index in [1.54, 1.807) is 6.33 Å². The predicted octanol–water partition coefficient (Wildman–Crippen LogP) is 1.43. The van der Waals surface area contributed by atoms with Crippen LogP contribution in [-0.2, 0) is 10.2 Å². The average molecular weight is 231 g/mol. The second kappa shape index (κ2) is 3.82. The average Bonchev–Trinajstić information content (AvgIpc) is 2.74. The lowest BCUT2D eigenvalue weighted by Gasteiger charge is -2.46. The van der Waals surface area contributed by atoms with E-state index in [1.807, 2.05) is 0 Å². The number of nitrogens with zero attached hydrogens (tertiary/aromatic N) is 1. The number of ether oxygens (including phenoxy) is 1. The van der Waals surface area contributed by atoms with Crippen LogP contribution in [0.3, 0.4) is 0 Å². The maximum Gasteiger partial charge on any atom is 0.0931 e. The van der Waals surface area contributed by atoms with Crippen molar-refractivity contribution in [3.05, 3.63) is 30.1 Å². The Bertz CT molecular complexity index is 530. The van der Waals surface area contributed by atoms with E-state index in [2.05, 4.69) is 35.1 Å². The van der Waals surface area contributed by atoms with Crippen LogP contribution in [0.25, 0.3) is 11.0 Å². The van der Waals surface area contributed by atoms with Gasteiger partial charge >= 0.3 is 0 Å². The Kier molecular flexibility index (Phi) is 2.42. The first-order valence-corrected chi connectivity index (χ1v) is 5.98. The van der Waals surface area contributed by atoms with Crippen LogP contribution in [0.2, 0.25) is 0 Å². The highest BCUT2D eigenvalue weighted by Crippen LogP contribution is 2.39. The van der Waals surface area contributed by atoms with Gasteiger partial charge in [-0.2, -0.15) is 0 Å². The van der Waals surface area contributed by atoms with E-state index in [1.165, 1.54) is 5.56 Å². The third-order valence-corrected chi connectivity index (χ3v) is 4.01. The third kappa shape index (κ3) is 1.48. The van der Waals surface area contributed by atoms with Gasteiger partial charge in [-0.15, -0.1) is 0 Å². The van der Waals surface area contributed by atoms with Crippen molar-refractivity contribution in [1.29, 1.82) is 0 Å². The number of aromatic nitrogens is 2. The summed E-state index contributed by atoms with van der Waals surface area (Å²) in [6, 6.07) is 6.39. The zero-order chi connectivity index (χ0) is 11.9. The molecular formula is C13H17N3O. The molecule has 90 valence electrons. The number of benzene rings is 1. The number of hydrogen-bond donors (Lipinski definition) is 2. The van der Waals surface area contributed by atoms with Crippen LogP contribution in [0.15, 0.2) is 24.5 Å². The summed E-state index contributed by atoms with van der Waals surface area (Å²) in [4.78, 5) is 7.39. The minimum atomic E-state index is 0.0913. The fourth-order valence-corrected chi connectivity index (χ4v) is 2.53. The lowest BCUT2D eigenvalue weighted by molar-refractivity contribution is -0.0853. The van der Waals surface area contributed by atoms with E-state index < -0.39 is 0 Å². The van der Waals surface area contributed by atoms with Crippen molar-refractivity contribution < 1.29 is 4.74 Å². The summed E-state index contributed by atoms with van der Waals surface area (Å²) >= 11 is 0. The molecule has 2 heterocycles. The molecule has 2 aromatic rings. The van der Waals surface area contributed by atoms with Gasteiger partial charge in [-0.3, -0.25) is 0 Å². The van der Waals surface area contributed by atoms with Gasteiger partial charge in [0.1, 0.15) is 0 Å². The maximum absolute atomic E-state index is 5.82. The molecule has 1 fully saturated rings. The van der Waals surface area contributed by atoms with E-state index in [9.17, 15) is 0 Å². The van der Waals surface area contributed by atoms with E-state index in [4.69, 9.17) is 10.5 Å². The van der Waals surface area contributed by atoms with E-state index in [-0.39, 0.29) is 5.41 Å². The summed E-state index contributed by atoms with van der Waals surface area (Å²) in [6.07, 6.45) is 1.73. The van der Waals surface area contributed by atoms with Gasteiger partial charge in [-0.05, 0) is 30.2 Å². The molecule has 4 heteroatoms. The van der Waals surface area contributed by atoms with E-state index in [0.717, 1.165) is 24.2 Å². The Labute approximate surface area is 100 Å². The lowest BCUT2D eigenvalue weighted by Crippen LogP contribution is -2.53. The first-order valence-electron chi connectivity index (χ1n) is 5.98. The number of aromatic amines is 1. The molecule has 17 heavy (non-hydrogen) atoms. The molecule has 0 amide bonds. The molecule has 1 aliphatic heterocycles. The van der Waals surface area contributed by atoms with Crippen LogP contribution >= 0.6 is 0 Å². The molecule has 3 N–H and O–H groups in total. The molecule has 1 atom stereocenters. The van der Waals surface area contributed by atoms with Crippen molar-refractivity contribution in [2.24, 2.45) is 11.7 Å². The van der Waals surface area contributed by atoms with Crippen molar-refractivity contribution in [3.63, 3.8) is 0 Å². The zero-order valence-corrected chi connectivity index (χ0v) is 9.94. The molecule has 3 rings (SSSR count). The Hall–Kier alpha value is -1.39. The topological polar surface area (TPSA) is 63.9 Å². The van der Waals surface area contributed by atoms with Gasteiger partial charge in [0, 0.05) is 5.41 Å². The normalized spacial score (nSPS) is 20.1. The number of H-pyrrole nitrogens is 1. The fourth-order valence-electron chi connectivity index (χ4n) is 2.53. The Morgan fingerprint density at radius 2 is 2.35 bits per heavy atom. The van der Waals surface area contributed by atoms with E-state index in [0.29, 0.717) is 12.5 Å². The summed E-state index contributed by atoms with van der Waals surface area (Å²) in [5.41, 5.74) is 9.30. The molecule has 1 unspecified atom stereocenters. The Morgan fingerprint density at radius 1 is 1.53 bits per heavy atom. The molecule has 1 aliphatic rings. The number of fused-ring (bicyclic) bond motifs is 1. The summed E-state index contributed by atoms with van der Waals surface area (Å²) < 4.78 is 5.43. The Morgan fingerprint density at radius 3 is 3.00 bits per heavy atom. The highest BCUT2D eigenvalue weighted by molar-refractivity contribution is 5.75. The molecule has 0 spiro atoms. The molecule has 1 aromatic heterocycles. The van der Waals surface area contributed by atoms with E-state index >= 15 is 0 Å². The maximum atomic E-state index is 5.82. The first kappa shape index (κ1) is 10.7. The van der Waals surface area contributed by atoms with Crippen molar-refractivity contribution >= 4 is 11.0 Å². The summed E-state index contributed by atoms with van der Waals surface area (Å²) in [5, 5.41) is 0. The standard InChI is InChI=1S/C13H17N3O/c1-9(5-14)13(6-17-7-13)10-2-3-11-12(4-10)16-8-15-11/h2-4,8-9H,5-7,14H2,1H3,(H,15,16). The van der Waals surface area contributed by atoms with Crippen LogP contribution in [0.5, 0.6) is 0 Å². The second-order valence-electron chi connectivity index (χ2n) is 4.92. The minimum Gasteiger partial charge on any atom is -0.379 e. The molecule has 0 saturated carbocycles. The Balaban J connectivity index is 2.06. The summed E-state index contributed by atoms with van der Waals surface area (Å²) in [5.74, 6) is 0.427. The highest BCUT2D eigenvalue weighted by atomic mass is 16.5. The number of nitrogens with two attached hydrogens (primary N) is 1. The smallest absolute Gasteiger partial charge is 0.0931 e. The largest absolute Gasteiger partial charge is 0.379 e. The van der Waals surface area contributed by atoms with Crippen molar-refractivity contribution in [2.45, 2.75) is 12.3 Å². The zero-order valence-electron chi connectivity index (χ0n) is 9.94. The van der Waals surface area contributed by atoms with Gasteiger partial charge in [-0.1, -0.05) is 13.0 Å². The molecule has 0 aliphatic carbocycles. The van der Waals surface area contributed by atoms with Crippen molar-refractivity contribution in [3.8, 4) is 0 Å². The SMILES string of the molecule is CC(CN)C1(c2ccc3nc[nH]c3c2)COC1. The molecule has 4 nitrogen and oxygen atoms in total. The number of imidazole rings is 1. The van der Waals surface area contributed by atoms with Crippen LogP contribution in [-0.4, -0.2) is 29.7 Å². The third-order valence-electron chi connectivity index (χ3n) is 4.01. The number of rotatable bonds is 3. The van der Waals surface area contributed by atoms with Crippen LogP contribution in [0, 0.1) is 5.92 Å². The molecule has 0 bridgehead atoms. The van der Waals surface area contributed by atoms with Crippen LogP contribution < -0.4 is 5.73 Å². The van der Waals surface area contributed by atoms with Crippen LogP contribution in [0.1, 0.15) is 12.5 Å². The minimum absolute atomic E-state index is 0.0913. The van der Waals surface area contributed by atoms with Crippen molar-refractivity contribution in [2.75, 3.05) is 19.8 Å². The van der Waals surface area contributed by atoms with Gasteiger partial charge in [-0.25, -0.2) is 4.98 Å². The highest BCUT2D eigenvalue weighted by Gasteiger charge is 2.44. The van der Waals surface area contributed by atoms with Gasteiger partial charge in [0.2, 0.25) is 0 Å². The quantitative estimate of drug-likeness (QED) is 0.839. The number of hydrogen-bond acceptors (Lipinski definition) is 3. The molecule has 0 radical (unpaired) electrons.